The number of hydrogen-bond donors (Lipinski definition) is 2. The highest BCUT2D eigenvalue weighted by Gasteiger charge is 2.13. The number of likely N-dealkylation sites (N-methyl/N-ethyl adjacent to an activating group) is 1. The van der Waals surface area contributed by atoms with E-state index in [0.29, 0.717) is 18.0 Å². The lowest BCUT2D eigenvalue weighted by Crippen LogP contribution is -2.34. The smallest absolute Gasteiger partial charge is 0.407 e. The van der Waals surface area contributed by atoms with E-state index in [4.69, 9.17) is 16.3 Å². The van der Waals surface area contributed by atoms with Crippen molar-refractivity contribution in [2.45, 2.75) is 12.5 Å². The number of ether oxygens (including phenoxy) is 1. The molecule has 1 aromatic rings. The Morgan fingerprint density at radius 2 is 2.00 bits per heavy atom. The second-order valence-corrected chi connectivity index (χ2v) is 4.10. The van der Waals surface area contributed by atoms with Crippen molar-refractivity contribution < 1.29 is 9.53 Å². The molecule has 0 radical (unpaired) electrons. The van der Waals surface area contributed by atoms with Crippen LogP contribution in [0.5, 0.6) is 0 Å². The van der Waals surface area contributed by atoms with Gasteiger partial charge in [-0.2, -0.15) is 0 Å². The topological polar surface area (TPSA) is 50.4 Å². The molecule has 0 aromatic heterocycles. The Morgan fingerprint density at radius 3 is 2.53 bits per heavy atom. The predicted molar refractivity (Wildman–Crippen MR) is 68.4 cm³/mol. The van der Waals surface area contributed by atoms with Crippen molar-refractivity contribution in [1.82, 2.24) is 10.6 Å². The lowest BCUT2D eigenvalue weighted by Gasteiger charge is -2.17. The van der Waals surface area contributed by atoms with Gasteiger partial charge in [0.2, 0.25) is 0 Å². The highest BCUT2D eigenvalue weighted by atomic mass is 35.5. The molecule has 0 aliphatic rings. The van der Waals surface area contributed by atoms with Crippen LogP contribution in [0.15, 0.2) is 24.3 Å². The number of carbonyl (C=O) groups is 1. The van der Waals surface area contributed by atoms with Gasteiger partial charge in [-0.25, -0.2) is 4.79 Å². The number of carbonyl (C=O) groups excluding carboxylic acids is 1. The zero-order chi connectivity index (χ0) is 12.7. The van der Waals surface area contributed by atoms with Crippen LogP contribution >= 0.6 is 11.6 Å². The third-order valence-electron chi connectivity index (χ3n) is 2.29. The van der Waals surface area contributed by atoms with E-state index in [2.05, 4.69) is 10.6 Å². The summed E-state index contributed by atoms with van der Waals surface area (Å²) in [6.07, 6.45) is 0.0474. The first-order valence-corrected chi connectivity index (χ1v) is 5.81. The van der Waals surface area contributed by atoms with E-state index >= 15 is 0 Å². The molecule has 1 rings (SSSR count). The van der Waals surface area contributed by atoms with Gasteiger partial charge in [0.05, 0.1) is 0 Å². The summed E-state index contributed by atoms with van der Waals surface area (Å²) in [5, 5.41) is 6.14. The molecule has 2 N–H and O–H groups in total. The maximum absolute atomic E-state index is 11.2. The van der Waals surface area contributed by atoms with Crippen LogP contribution in [-0.2, 0) is 11.2 Å². The number of hydrogen-bond acceptors (Lipinski definition) is 3. The van der Waals surface area contributed by atoms with Crippen LogP contribution in [0.3, 0.4) is 0 Å². The van der Waals surface area contributed by atoms with Gasteiger partial charge in [-0.1, -0.05) is 23.7 Å². The molecule has 4 nitrogen and oxygen atoms in total. The Bertz CT molecular complexity index is 354. The summed E-state index contributed by atoms with van der Waals surface area (Å²) in [6, 6.07) is 7.51. The third kappa shape index (κ3) is 5.06. The SMILES string of the molecule is CNCC(Cc1ccc(Cl)cc1)OC(=O)NC. The average molecular weight is 257 g/mol. The molecule has 0 saturated heterocycles. The first-order chi connectivity index (χ1) is 8.15. The van der Waals surface area contributed by atoms with Crippen LogP contribution in [0.4, 0.5) is 4.79 Å². The summed E-state index contributed by atoms with van der Waals surface area (Å²) in [4.78, 5) is 11.2. The minimum Gasteiger partial charge on any atom is -0.445 e. The van der Waals surface area contributed by atoms with Crippen LogP contribution in [0.2, 0.25) is 5.02 Å². The van der Waals surface area contributed by atoms with Crippen molar-refractivity contribution in [2.24, 2.45) is 0 Å². The summed E-state index contributed by atoms with van der Waals surface area (Å²) in [5.41, 5.74) is 1.08. The van der Waals surface area contributed by atoms with Crippen molar-refractivity contribution in [2.75, 3.05) is 20.6 Å². The molecule has 94 valence electrons. The molecule has 1 amide bonds. The van der Waals surface area contributed by atoms with E-state index in [-0.39, 0.29) is 6.10 Å². The number of nitrogens with one attached hydrogen (secondary N) is 2. The van der Waals surface area contributed by atoms with Gasteiger partial charge in [-0.05, 0) is 24.7 Å². The van der Waals surface area contributed by atoms with E-state index < -0.39 is 6.09 Å². The molecule has 17 heavy (non-hydrogen) atoms. The molecule has 0 aliphatic heterocycles. The largest absolute Gasteiger partial charge is 0.445 e. The summed E-state index contributed by atoms with van der Waals surface area (Å²) >= 11 is 5.81. The first kappa shape index (κ1) is 13.8. The number of halogens is 1. The summed E-state index contributed by atoms with van der Waals surface area (Å²) in [5.74, 6) is 0. The molecule has 1 unspecified atom stereocenters. The van der Waals surface area contributed by atoms with E-state index in [1.165, 1.54) is 0 Å². The monoisotopic (exact) mass is 256 g/mol. The highest BCUT2D eigenvalue weighted by Crippen LogP contribution is 2.12. The summed E-state index contributed by atoms with van der Waals surface area (Å²) < 4.78 is 5.23. The standard InChI is InChI=1S/C12H17ClN2O2/c1-14-8-11(17-12(16)15-2)7-9-3-5-10(13)6-4-9/h3-6,11,14H,7-8H2,1-2H3,(H,15,16). The zero-order valence-electron chi connectivity index (χ0n) is 10.00. The molecular weight excluding hydrogens is 240 g/mol. The molecule has 0 bridgehead atoms. The molecule has 5 heteroatoms. The Kier molecular flexibility index (Phi) is 5.80. The minimum absolute atomic E-state index is 0.193. The second kappa shape index (κ2) is 7.14. The number of amides is 1. The van der Waals surface area contributed by atoms with Gasteiger partial charge < -0.3 is 15.4 Å². The molecule has 0 saturated carbocycles. The van der Waals surface area contributed by atoms with Crippen molar-refractivity contribution in [3.8, 4) is 0 Å². The normalized spacial score (nSPS) is 11.9. The highest BCUT2D eigenvalue weighted by molar-refractivity contribution is 6.30. The number of rotatable bonds is 5. The maximum atomic E-state index is 11.2. The van der Waals surface area contributed by atoms with Gasteiger partial charge in [0.15, 0.2) is 0 Å². The Balaban J connectivity index is 2.59. The maximum Gasteiger partial charge on any atom is 0.407 e. The van der Waals surface area contributed by atoms with Crippen LogP contribution in [-0.4, -0.2) is 32.8 Å². The van der Waals surface area contributed by atoms with E-state index in [1.807, 2.05) is 31.3 Å². The van der Waals surface area contributed by atoms with Gasteiger partial charge in [-0.15, -0.1) is 0 Å². The predicted octanol–water partition coefficient (Wildman–Crippen LogP) is 1.83. The van der Waals surface area contributed by atoms with E-state index in [1.54, 1.807) is 7.05 Å². The quantitative estimate of drug-likeness (QED) is 0.845. The summed E-state index contributed by atoms with van der Waals surface area (Å²) in [6.45, 7) is 0.607. The number of benzene rings is 1. The average Bonchev–Trinajstić information content (AvgIpc) is 2.32. The van der Waals surface area contributed by atoms with Crippen LogP contribution in [0, 0.1) is 0 Å². The van der Waals surface area contributed by atoms with Gasteiger partial charge in [0, 0.05) is 25.0 Å². The van der Waals surface area contributed by atoms with Crippen molar-refractivity contribution in [1.29, 1.82) is 0 Å². The molecule has 0 aliphatic carbocycles. The molecule has 0 spiro atoms. The van der Waals surface area contributed by atoms with Gasteiger partial charge in [-0.3, -0.25) is 0 Å². The van der Waals surface area contributed by atoms with Crippen molar-refractivity contribution in [3.63, 3.8) is 0 Å². The van der Waals surface area contributed by atoms with Crippen molar-refractivity contribution in [3.05, 3.63) is 34.9 Å². The van der Waals surface area contributed by atoms with E-state index in [0.717, 1.165) is 5.56 Å². The Labute approximate surface area is 106 Å². The van der Waals surface area contributed by atoms with Crippen LogP contribution in [0.1, 0.15) is 5.56 Å². The lowest BCUT2D eigenvalue weighted by atomic mass is 10.1. The Morgan fingerprint density at radius 1 is 1.35 bits per heavy atom. The molecular formula is C12H17ClN2O2. The molecule has 0 fully saturated rings. The van der Waals surface area contributed by atoms with Gasteiger partial charge >= 0.3 is 6.09 Å². The fourth-order valence-corrected chi connectivity index (χ4v) is 1.60. The fourth-order valence-electron chi connectivity index (χ4n) is 1.48. The van der Waals surface area contributed by atoms with Crippen LogP contribution in [0.25, 0.3) is 0 Å². The molecule has 1 atom stereocenters. The lowest BCUT2D eigenvalue weighted by molar-refractivity contribution is 0.0997. The first-order valence-electron chi connectivity index (χ1n) is 5.43. The Hall–Kier alpha value is -1.26. The minimum atomic E-state index is -0.417. The second-order valence-electron chi connectivity index (χ2n) is 3.67. The molecule has 1 aromatic carbocycles. The number of alkyl carbamates (subject to hydrolysis) is 1. The zero-order valence-corrected chi connectivity index (χ0v) is 10.8. The van der Waals surface area contributed by atoms with Crippen molar-refractivity contribution >= 4 is 17.7 Å². The van der Waals surface area contributed by atoms with Gasteiger partial charge in [0.1, 0.15) is 6.10 Å². The van der Waals surface area contributed by atoms with Gasteiger partial charge in [0.25, 0.3) is 0 Å². The third-order valence-corrected chi connectivity index (χ3v) is 2.54. The van der Waals surface area contributed by atoms with E-state index in [9.17, 15) is 4.79 Å². The molecule has 0 heterocycles. The summed E-state index contributed by atoms with van der Waals surface area (Å²) in [7, 11) is 3.36. The fraction of sp³-hybridized carbons (Fsp3) is 0.417. The van der Waals surface area contributed by atoms with Crippen LogP contribution < -0.4 is 10.6 Å².